The van der Waals surface area contributed by atoms with Crippen molar-refractivity contribution in [3.63, 3.8) is 0 Å². The first-order valence-electron chi connectivity index (χ1n) is 6.01. The first-order valence-corrected chi connectivity index (χ1v) is 7.21. The molecule has 3 N–H and O–H groups in total. The Balaban J connectivity index is 2.23. The van der Waals surface area contributed by atoms with Gasteiger partial charge in [0.05, 0.1) is 34.4 Å². The quantitative estimate of drug-likeness (QED) is 0.663. The van der Waals surface area contributed by atoms with Gasteiger partial charge in [-0.3, -0.25) is 0 Å². The summed E-state index contributed by atoms with van der Waals surface area (Å²) in [6, 6.07) is 9.09. The zero-order valence-corrected chi connectivity index (χ0v) is 12.7. The number of methoxy groups -OCH3 is 1. The minimum absolute atomic E-state index is 0.0442. The molecule has 0 aliphatic heterocycles. The molecule has 1 aromatic carbocycles. The fourth-order valence-electron chi connectivity index (χ4n) is 1.84. The molecule has 20 heavy (non-hydrogen) atoms. The van der Waals surface area contributed by atoms with Crippen molar-refractivity contribution in [2.24, 2.45) is 0 Å². The Morgan fingerprint density at radius 2 is 2.15 bits per heavy atom. The number of rotatable bonds is 4. The summed E-state index contributed by atoms with van der Waals surface area (Å²) in [6.45, 7) is 2.01. The molecule has 1 heterocycles. The predicted octanol–water partition coefficient (Wildman–Crippen LogP) is 3.94. The van der Waals surface area contributed by atoms with Crippen molar-refractivity contribution in [2.45, 2.75) is 13.0 Å². The van der Waals surface area contributed by atoms with Crippen molar-refractivity contribution in [3.8, 4) is 0 Å². The number of nitrogens with one attached hydrogen (secondary N) is 1. The number of hydrogen-bond donors (Lipinski definition) is 2. The number of esters is 1. The Morgan fingerprint density at radius 3 is 2.75 bits per heavy atom. The van der Waals surface area contributed by atoms with Crippen LogP contribution in [0.1, 0.15) is 28.2 Å². The molecule has 0 bridgehead atoms. The maximum absolute atomic E-state index is 11.6. The number of carbonyl (C=O) groups is 1. The highest BCUT2D eigenvalue weighted by Crippen LogP contribution is 2.31. The Kier molecular flexibility index (Phi) is 4.52. The molecule has 4 nitrogen and oxygen atoms in total. The summed E-state index contributed by atoms with van der Waals surface area (Å²) in [7, 11) is 1.33. The van der Waals surface area contributed by atoms with Crippen LogP contribution in [-0.2, 0) is 4.74 Å². The molecule has 1 atom stereocenters. The van der Waals surface area contributed by atoms with Gasteiger partial charge in [0.2, 0.25) is 0 Å². The Labute approximate surface area is 126 Å². The number of para-hydroxylation sites is 1. The summed E-state index contributed by atoms with van der Waals surface area (Å²) in [5, 5.41) is 3.28. The van der Waals surface area contributed by atoms with E-state index in [1.54, 1.807) is 12.1 Å². The lowest BCUT2D eigenvalue weighted by molar-refractivity contribution is 0.0602. The SMILES string of the molecule is COC(=O)c1cccc(NC(C)c2ccc(Cl)s2)c1N. The van der Waals surface area contributed by atoms with E-state index in [0.717, 1.165) is 9.21 Å². The second kappa shape index (κ2) is 6.15. The molecule has 1 aromatic heterocycles. The number of benzene rings is 1. The van der Waals surface area contributed by atoms with Crippen LogP contribution in [0.4, 0.5) is 11.4 Å². The number of ether oxygens (including phenoxy) is 1. The molecule has 0 saturated heterocycles. The molecule has 0 amide bonds. The zero-order valence-electron chi connectivity index (χ0n) is 11.1. The Morgan fingerprint density at radius 1 is 1.40 bits per heavy atom. The molecule has 1 unspecified atom stereocenters. The van der Waals surface area contributed by atoms with Crippen LogP contribution < -0.4 is 11.1 Å². The number of hydrogen-bond acceptors (Lipinski definition) is 5. The third-order valence-corrected chi connectivity index (χ3v) is 4.32. The molecule has 2 aromatic rings. The number of thiophene rings is 1. The number of nitrogens with two attached hydrogens (primary N) is 1. The molecular weight excluding hydrogens is 296 g/mol. The van der Waals surface area contributed by atoms with Crippen molar-refractivity contribution in [3.05, 3.63) is 45.1 Å². The molecule has 0 spiro atoms. The van der Waals surface area contributed by atoms with Crippen LogP contribution >= 0.6 is 22.9 Å². The molecular formula is C14H15ClN2O2S. The van der Waals surface area contributed by atoms with Crippen LogP contribution in [-0.4, -0.2) is 13.1 Å². The number of nitrogen functional groups attached to an aromatic ring is 1. The van der Waals surface area contributed by atoms with E-state index in [1.807, 2.05) is 25.1 Å². The summed E-state index contributed by atoms with van der Waals surface area (Å²) in [5.41, 5.74) is 7.44. The van der Waals surface area contributed by atoms with Crippen LogP contribution in [0.5, 0.6) is 0 Å². The van der Waals surface area contributed by atoms with Crippen molar-refractivity contribution in [1.82, 2.24) is 0 Å². The van der Waals surface area contributed by atoms with E-state index in [0.29, 0.717) is 16.9 Å². The van der Waals surface area contributed by atoms with Gasteiger partial charge in [-0.1, -0.05) is 17.7 Å². The standard InChI is InChI=1S/C14H15ClN2O2S/c1-8(11-6-7-12(15)20-11)17-10-5-3-4-9(13(10)16)14(18)19-2/h3-8,17H,16H2,1-2H3. The second-order valence-electron chi connectivity index (χ2n) is 4.27. The van der Waals surface area contributed by atoms with E-state index in [4.69, 9.17) is 22.1 Å². The van der Waals surface area contributed by atoms with Crippen LogP contribution in [0, 0.1) is 0 Å². The summed E-state index contributed by atoms with van der Waals surface area (Å²) < 4.78 is 5.44. The zero-order chi connectivity index (χ0) is 14.7. The lowest BCUT2D eigenvalue weighted by Crippen LogP contribution is -2.11. The monoisotopic (exact) mass is 310 g/mol. The van der Waals surface area contributed by atoms with E-state index < -0.39 is 5.97 Å². The molecule has 6 heteroatoms. The summed E-state index contributed by atoms with van der Waals surface area (Å²) in [4.78, 5) is 12.7. The van der Waals surface area contributed by atoms with Crippen LogP contribution in [0.3, 0.4) is 0 Å². The largest absolute Gasteiger partial charge is 0.465 e. The highest BCUT2D eigenvalue weighted by molar-refractivity contribution is 7.16. The molecule has 0 aliphatic rings. The third kappa shape index (κ3) is 3.05. The molecule has 0 radical (unpaired) electrons. The molecule has 0 aliphatic carbocycles. The second-order valence-corrected chi connectivity index (χ2v) is 6.01. The normalized spacial score (nSPS) is 11.9. The van der Waals surface area contributed by atoms with Crippen molar-refractivity contribution >= 4 is 40.3 Å². The number of anilines is 2. The van der Waals surface area contributed by atoms with Gasteiger partial charge in [-0.25, -0.2) is 4.79 Å². The average molecular weight is 311 g/mol. The first-order chi connectivity index (χ1) is 9.52. The van der Waals surface area contributed by atoms with Crippen LogP contribution in [0.2, 0.25) is 4.34 Å². The van der Waals surface area contributed by atoms with Crippen molar-refractivity contribution < 1.29 is 9.53 Å². The van der Waals surface area contributed by atoms with Crippen LogP contribution in [0.25, 0.3) is 0 Å². The van der Waals surface area contributed by atoms with Gasteiger partial charge in [-0.15, -0.1) is 11.3 Å². The van der Waals surface area contributed by atoms with Gasteiger partial charge < -0.3 is 15.8 Å². The van der Waals surface area contributed by atoms with Gasteiger partial charge in [0.25, 0.3) is 0 Å². The smallest absolute Gasteiger partial charge is 0.340 e. The average Bonchev–Trinajstić information content (AvgIpc) is 2.87. The van der Waals surface area contributed by atoms with E-state index >= 15 is 0 Å². The van der Waals surface area contributed by atoms with Gasteiger partial charge in [0, 0.05) is 4.88 Å². The Bertz CT molecular complexity index is 627. The first kappa shape index (κ1) is 14.7. The minimum atomic E-state index is -0.446. The third-order valence-electron chi connectivity index (χ3n) is 2.90. The predicted molar refractivity (Wildman–Crippen MR) is 83.6 cm³/mol. The highest BCUT2D eigenvalue weighted by atomic mass is 35.5. The van der Waals surface area contributed by atoms with Crippen LogP contribution in [0.15, 0.2) is 30.3 Å². The number of carbonyl (C=O) groups excluding carboxylic acids is 1. The van der Waals surface area contributed by atoms with E-state index in [1.165, 1.54) is 18.4 Å². The van der Waals surface area contributed by atoms with Gasteiger partial charge in [0.1, 0.15) is 0 Å². The van der Waals surface area contributed by atoms with Gasteiger partial charge >= 0.3 is 5.97 Å². The summed E-state index contributed by atoms with van der Waals surface area (Å²) in [6.07, 6.45) is 0. The maximum atomic E-state index is 11.6. The molecule has 106 valence electrons. The molecule has 2 rings (SSSR count). The van der Waals surface area contributed by atoms with Gasteiger partial charge in [0.15, 0.2) is 0 Å². The summed E-state index contributed by atoms with van der Waals surface area (Å²) >= 11 is 7.44. The topological polar surface area (TPSA) is 64.3 Å². The molecule has 0 saturated carbocycles. The summed E-state index contributed by atoms with van der Waals surface area (Å²) in [5.74, 6) is -0.446. The fraction of sp³-hybridized carbons (Fsp3) is 0.214. The molecule has 0 fully saturated rings. The van der Waals surface area contributed by atoms with Gasteiger partial charge in [-0.2, -0.15) is 0 Å². The van der Waals surface area contributed by atoms with E-state index in [9.17, 15) is 4.79 Å². The lowest BCUT2D eigenvalue weighted by Gasteiger charge is -2.16. The minimum Gasteiger partial charge on any atom is -0.465 e. The van der Waals surface area contributed by atoms with E-state index in [2.05, 4.69) is 5.32 Å². The fourth-order valence-corrected chi connectivity index (χ4v) is 2.91. The van der Waals surface area contributed by atoms with Gasteiger partial charge in [-0.05, 0) is 31.2 Å². The Hall–Kier alpha value is -1.72. The number of halogens is 1. The van der Waals surface area contributed by atoms with Crippen molar-refractivity contribution in [1.29, 1.82) is 0 Å². The lowest BCUT2D eigenvalue weighted by atomic mass is 10.1. The van der Waals surface area contributed by atoms with Crippen molar-refractivity contribution in [2.75, 3.05) is 18.2 Å². The maximum Gasteiger partial charge on any atom is 0.340 e. The highest BCUT2D eigenvalue weighted by Gasteiger charge is 2.15. The van der Waals surface area contributed by atoms with E-state index in [-0.39, 0.29) is 6.04 Å².